The van der Waals surface area contributed by atoms with Crippen LogP contribution in [-0.2, 0) is 27.2 Å². The van der Waals surface area contributed by atoms with E-state index in [0.717, 1.165) is 12.1 Å². The van der Waals surface area contributed by atoms with Crippen molar-refractivity contribution < 1.29 is 34.8 Å². The molecule has 1 saturated carbocycles. The summed E-state index contributed by atoms with van der Waals surface area (Å²) in [5.41, 5.74) is 3.93. The molecule has 0 spiro atoms. The molecule has 0 bridgehead atoms. The molecule has 10 nitrogen and oxygen atoms in total. The Kier molecular flexibility index (Phi) is 6.17. The number of hydrogen-bond acceptors (Lipinski definition) is 9. The van der Waals surface area contributed by atoms with Crippen LogP contribution in [0.15, 0.2) is 23.0 Å². The molecule has 36 heavy (non-hydrogen) atoms. The zero-order valence-corrected chi connectivity index (χ0v) is 21.1. The van der Waals surface area contributed by atoms with Crippen molar-refractivity contribution in [1.82, 2.24) is 4.90 Å². The molecular weight excluding hydrogens is 466 g/mol. The van der Waals surface area contributed by atoms with Crippen LogP contribution in [0.25, 0.3) is 5.76 Å². The summed E-state index contributed by atoms with van der Waals surface area (Å²) < 4.78 is 0. The number of rotatable bonds is 5. The van der Waals surface area contributed by atoms with Crippen LogP contribution in [0.2, 0.25) is 0 Å². The van der Waals surface area contributed by atoms with Crippen LogP contribution in [0.4, 0.5) is 5.69 Å². The van der Waals surface area contributed by atoms with E-state index in [4.69, 9.17) is 5.73 Å². The number of carbonyl (C=O) groups is 3. The lowest BCUT2D eigenvalue weighted by atomic mass is 9.57. The Bertz CT molecular complexity index is 1250. The van der Waals surface area contributed by atoms with Gasteiger partial charge in [0.05, 0.1) is 11.6 Å². The number of amides is 1. The number of phenols is 1. The molecule has 3 aliphatic rings. The van der Waals surface area contributed by atoms with Gasteiger partial charge in [-0.05, 0) is 56.5 Å². The first-order valence-corrected chi connectivity index (χ1v) is 12.0. The second kappa shape index (κ2) is 8.63. The number of likely N-dealkylation sites (N-methyl/N-ethyl adjacent to an activating group) is 1. The number of anilines is 1. The molecule has 10 heteroatoms. The van der Waals surface area contributed by atoms with Gasteiger partial charge in [-0.1, -0.05) is 13.3 Å². The molecule has 4 atom stereocenters. The van der Waals surface area contributed by atoms with Gasteiger partial charge in [-0.15, -0.1) is 0 Å². The number of aliphatic hydroxyl groups is 3. The van der Waals surface area contributed by atoms with Gasteiger partial charge in [-0.25, -0.2) is 0 Å². The number of benzene rings is 1. The maximum absolute atomic E-state index is 13.9. The lowest BCUT2D eigenvalue weighted by Crippen LogP contribution is -2.65. The van der Waals surface area contributed by atoms with Crippen LogP contribution in [0.3, 0.4) is 0 Å². The van der Waals surface area contributed by atoms with E-state index in [0.29, 0.717) is 17.5 Å². The van der Waals surface area contributed by atoms with Gasteiger partial charge < -0.3 is 31.1 Å². The molecule has 0 unspecified atom stereocenters. The summed E-state index contributed by atoms with van der Waals surface area (Å²) in [6.45, 7) is 1.96. The number of nitrogens with zero attached hydrogens (tertiary/aromatic N) is 2. The molecule has 194 valence electrons. The van der Waals surface area contributed by atoms with Gasteiger partial charge in [0, 0.05) is 31.3 Å². The maximum atomic E-state index is 13.9. The van der Waals surface area contributed by atoms with Crippen LogP contribution < -0.4 is 10.6 Å². The molecule has 0 saturated heterocycles. The van der Waals surface area contributed by atoms with Gasteiger partial charge in [0.25, 0.3) is 5.91 Å². The van der Waals surface area contributed by atoms with Crippen molar-refractivity contribution >= 4 is 28.9 Å². The van der Waals surface area contributed by atoms with Crippen LogP contribution in [-0.4, -0.2) is 82.6 Å². The average molecular weight is 500 g/mol. The number of Topliss-reactive ketones (excluding diaryl/α,β-unsaturated/α-hetero) is 2. The largest absolute Gasteiger partial charge is 0.508 e. The highest BCUT2D eigenvalue weighted by Crippen LogP contribution is 2.54. The first-order valence-electron chi connectivity index (χ1n) is 12.0. The van der Waals surface area contributed by atoms with Gasteiger partial charge in [0.2, 0.25) is 5.78 Å². The number of ketones is 2. The van der Waals surface area contributed by atoms with E-state index < -0.39 is 58.0 Å². The van der Waals surface area contributed by atoms with E-state index in [1.54, 1.807) is 14.1 Å². The van der Waals surface area contributed by atoms with Crippen LogP contribution in [0, 0.1) is 11.8 Å². The summed E-state index contributed by atoms with van der Waals surface area (Å²) in [5.74, 6) is -6.40. The van der Waals surface area contributed by atoms with Crippen LogP contribution >= 0.6 is 0 Å². The minimum absolute atomic E-state index is 0.0656. The third-order valence-electron chi connectivity index (χ3n) is 7.78. The molecular formula is C26H33N3O7. The van der Waals surface area contributed by atoms with E-state index in [9.17, 15) is 34.8 Å². The second-order valence-corrected chi connectivity index (χ2v) is 10.4. The first kappa shape index (κ1) is 25.7. The molecule has 1 aromatic rings. The Morgan fingerprint density at radius 3 is 2.33 bits per heavy atom. The Morgan fingerprint density at radius 1 is 1.17 bits per heavy atom. The summed E-state index contributed by atoms with van der Waals surface area (Å²) in [6.07, 6.45) is 1.62. The average Bonchev–Trinajstić information content (AvgIpc) is 2.77. The number of nitrogens with two attached hydrogens (primary N) is 1. The van der Waals surface area contributed by atoms with Crippen LogP contribution in [0.5, 0.6) is 5.75 Å². The summed E-state index contributed by atoms with van der Waals surface area (Å²) in [7, 11) is 6.84. The first-order chi connectivity index (χ1) is 16.8. The molecule has 4 rings (SSSR count). The third-order valence-corrected chi connectivity index (χ3v) is 7.78. The fraction of sp³-hybridized carbons (Fsp3) is 0.500. The van der Waals surface area contributed by atoms with E-state index in [-0.39, 0.29) is 29.7 Å². The number of aliphatic hydroxyl groups excluding tert-OH is 2. The predicted molar refractivity (Wildman–Crippen MR) is 133 cm³/mol. The molecule has 1 amide bonds. The molecule has 0 radical (unpaired) electrons. The highest BCUT2D eigenvalue weighted by Gasteiger charge is 2.64. The molecule has 3 aliphatic carbocycles. The number of carbonyl (C=O) groups excluding carboxylic acids is 3. The van der Waals surface area contributed by atoms with Crippen molar-refractivity contribution in [1.29, 1.82) is 0 Å². The highest BCUT2D eigenvalue weighted by atomic mass is 16.3. The van der Waals surface area contributed by atoms with Crippen molar-refractivity contribution in [3.05, 3.63) is 39.7 Å². The molecule has 6 N–H and O–H groups in total. The normalized spacial score (nSPS) is 27.7. The van der Waals surface area contributed by atoms with E-state index in [2.05, 4.69) is 0 Å². The fourth-order valence-corrected chi connectivity index (χ4v) is 6.20. The van der Waals surface area contributed by atoms with Gasteiger partial charge in [0.1, 0.15) is 22.8 Å². The molecule has 0 aromatic heterocycles. The smallest absolute Gasteiger partial charge is 0.255 e. The van der Waals surface area contributed by atoms with Crippen molar-refractivity contribution in [2.24, 2.45) is 17.6 Å². The lowest BCUT2D eigenvalue weighted by molar-refractivity contribution is -0.153. The second-order valence-electron chi connectivity index (χ2n) is 10.4. The van der Waals surface area contributed by atoms with Gasteiger partial charge in [-0.3, -0.25) is 19.3 Å². The van der Waals surface area contributed by atoms with Gasteiger partial charge in [-0.2, -0.15) is 0 Å². The topological polar surface area (TPSA) is 165 Å². The van der Waals surface area contributed by atoms with Crippen molar-refractivity contribution in [2.45, 2.75) is 44.2 Å². The lowest BCUT2D eigenvalue weighted by Gasteiger charge is -2.50. The quantitative estimate of drug-likeness (QED) is 0.371. The summed E-state index contributed by atoms with van der Waals surface area (Å²) in [4.78, 5) is 42.5. The zero-order chi connectivity index (χ0) is 26.9. The predicted octanol–water partition coefficient (Wildman–Crippen LogP) is 0.983. The molecule has 0 heterocycles. The Morgan fingerprint density at radius 2 is 1.81 bits per heavy atom. The number of aromatic hydroxyl groups is 1. The number of fused-ring (bicyclic) bond motifs is 3. The Hall–Kier alpha value is -3.37. The minimum atomic E-state index is -2.63. The Balaban J connectivity index is 2.00. The van der Waals surface area contributed by atoms with E-state index in [1.807, 2.05) is 32.0 Å². The SMILES string of the molecule is CCCc1cc(N(C)C)c2c(c1O)C(O)=C1C(=O)[C@]3(O)C(O)=C(C(N)=O)C(=O)[C@@H](N(C)C)[C@@H]3C[C@@H]1C2. The van der Waals surface area contributed by atoms with E-state index in [1.165, 1.54) is 4.90 Å². The molecule has 0 aliphatic heterocycles. The summed E-state index contributed by atoms with van der Waals surface area (Å²) in [6, 6.07) is 0.772. The number of hydrogen-bond donors (Lipinski definition) is 5. The number of phenolic OH excluding ortho intramolecular Hbond substituents is 1. The Labute approximate surface area is 209 Å². The number of aryl methyl sites for hydroxylation is 1. The number of primary amides is 1. The zero-order valence-electron chi connectivity index (χ0n) is 21.1. The fourth-order valence-electron chi connectivity index (χ4n) is 6.20. The summed E-state index contributed by atoms with van der Waals surface area (Å²) in [5, 5.41) is 45.1. The van der Waals surface area contributed by atoms with Gasteiger partial charge >= 0.3 is 0 Å². The maximum Gasteiger partial charge on any atom is 0.255 e. The van der Waals surface area contributed by atoms with Crippen molar-refractivity contribution in [2.75, 3.05) is 33.1 Å². The van der Waals surface area contributed by atoms with E-state index >= 15 is 0 Å². The van der Waals surface area contributed by atoms with Gasteiger partial charge in [0.15, 0.2) is 11.4 Å². The summed E-state index contributed by atoms with van der Waals surface area (Å²) >= 11 is 0. The third kappa shape index (κ3) is 3.35. The highest BCUT2D eigenvalue weighted by molar-refractivity contribution is 6.24. The monoisotopic (exact) mass is 499 g/mol. The standard InChI is InChI=1S/C26H33N3O7/c1-6-7-11-10-15(28(2)3)13-8-12-9-14-19(29(4)5)22(32)18(25(27)35)24(34)26(14,36)23(33)16(12)21(31)17(13)20(11)30/h10,12,14,19,30-31,34,36H,6-9H2,1-5H3,(H2,27,35)/t12-,14-,19-,26-/m0/s1. The minimum Gasteiger partial charge on any atom is -0.508 e. The van der Waals surface area contributed by atoms with Crippen molar-refractivity contribution in [3.63, 3.8) is 0 Å². The van der Waals surface area contributed by atoms with Crippen molar-refractivity contribution in [3.8, 4) is 5.75 Å². The van der Waals surface area contributed by atoms with Crippen LogP contribution in [0.1, 0.15) is 36.5 Å². The molecule has 1 fully saturated rings. The molecule has 1 aromatic carbocycles.